The predicted octanol–water partition coefficient (Wildman–Crippen LogP) is 2.34. The van der Waals surface area contributed by atoms with Crippen molar-refractivity contribution in [3.63, 3.8) is 0 Å². The fourth-order valence-electron chi connectivity index (χ4n) is 5.42. The van der Waals surface area contributed by atoms with E-state index in [1.807, 2.05) is 30.5 Å². The third kappa shape index (κ3) is 7.03. The number of aliphatic carboxylic acids is 2. The fourth-order valence-corrected chi connectivity index (χ4v) is 5.42. The first-order valence-electron chi connectivity index (χ1n) is 11.7. The molecule has 0 spiro atoms. The highest BCUT2D eigenvalue weighted by molar-refractivity contribution is 5.77. The van der Waals surface area contributed by atoms with Crippen molar-refractivity contribution in [1.29, 1.82) is 0 Å². The molecular formula is C24H40N4O5. The van der Waals surface area contributed by atoms with Gasteiger partial charge in [-0.1, -0.05) is 13.8 Å². The van der Waals surface area contributed by atoms with E-state index in [4.69, 9.17) is 9.90 Å². The Morgan fingerprint density at radius 2 is 1.76 bits per heavy atom. The van der Waals surface area contributed by atoms with Gasteiger partial charge in [-0.2, -0.15) is 5.10 Å². The van der Waals surface area contributed by atoms with Crippen LogP contribution in [0, 0.1) is 31.1 Å². The van der Waals surface area contributed by atoms with Crippen LogP contribution in [0.4, 0.5) is 0 Å². The van der Waals surface area contributed by atoms with Gasteiger partial charge in [-0.05, 0) is 44.1 Å². The Hall–Kier alpha value is -2.42. The summed E-state index contributed by atoms with van der Waals surface area (Å²) in [5, 5.41) is 21.1. The zero-order chi connectivity index (χ0) is 24.9. The molecule has 9 heteroatoms. The van der Waals surface area contributed by atoms with Gasteiger partial charge in [-0.25, -0.2) is 0 Å². The highest BCUT2D eigenvalue weighted by Crippen LogP contribution is 2.46. The number of hydrogen-bond acceptors (Lipinski definition) is 5. The number of rotatable bonds is 8. The van der Waals surface area contributed by atoms with Crippen molar-refractivity contribution in [3.05, 3.63) is 17.0 Å². The minimum absolute atomic E-state index is 0.0664. The van der Waals surface area contributed by atoms with E-state index in [-0.39, 0.29) is 17.7 Å². The molecule has 0 unspecified atom stereocenters. The number of aromatic nitrogens is 2. The first-order chi connectivity index (χ1) is 15.3. The van der Waals surface area contributed by atoms with Crippen LogP contribution >= 0.6 is 0 Å². The lowest BCUT2D eigenvalue weighted by molar-refractivity contribution is -0.138. The van der Waals surface area contributed by atoms with Crippen LogP contribution < -0.4 is 0 Å². The molecule has 2 atom stereocenters. The Morgan fingerprint density at radius 3 is 2.27 bits per heavy atom. The zero-order valence-corrected chi connectivity index (χ0v) is 20.9. The largest absolute Gasteiger partial charge is 0.481 e. The second kappa shape index (κ2) is 11.1. The molecular weight excluding hydrogens is 424 g/mol. The second-order valence-electron chi connectivity index (χ2n) is 10.1. The summed E-state index contributed by atoms with van der Waals surface area (Å²) in [7, 11) is 1.93. The maximum Gasteiger partial charge on any atom is 0.303 e. The molecule has 186 valence electrons. The van der Waals surface area contributed by atoms with E-state index < -0.39 is 11.9 Å². The van der Waals surface area contributed by atoms with Crippen molar-refractivity contribution in [3.8, 4) is 0 Å². The first kappa shape index (κ1) is 26.8. The minimum atomic E-state index is -0.833. The molecule has 2 saturated heterocycles. The lowest BCUT2D eigenvalue weighted by Gasteiger charge is -2.29. The summed E-state index contributed by atoms with van der Waals surface area (Å²) in [6.07, 6.45) is 2.05. The summed E-state index contributed by atoms with van der Waals surface area (Å²) in [5.74, 6) is -0.416. The van der Waals surface area contributed by atoms with E-state index >= 15 is 0 Å². The van der Waals surface area contributed by atoms with E-state index in [9.17, 15) is 14.7 Å². The lowest BCUT2D eigenvalue weighted by Crippen LogP contribution is -2.38. The van der Waals surface area contributed by atoms with Gasteiger partial charge in [-0.3, -0.25) is 19.1 Å². The van der Waals surface area contributed by atoms with Gasteiger partial charge >= 0.3 is 5.97 Å². The van der Waals surface area contributed by atoms with Gasteiger partial charge in [0, 0.05) is 70.6 Å². The number of hydrogen-bond donors (Lipinski definition) is 2. The topological polar surface area (TPSA) is 116 Å². The van der Waals surface area contributed by atoms with Crippen molar-refractivity contribution in [2.75, 3.05) is 32.7 Å². The van der Waals surface area contributed by atoms with E-state index in [1.165, 1.54) is 5.56 Å². The van der Waals surface area contributed by atoms with E-state index in [2.05, 4.69) is 23.8 Å². The van der Waals surface area contributed by atoms with Crippen LogP contribution in [-0.4, -0.2) is 80.4 Å². The number of fused-ring (bicyclic) bond motifs is 1. The standard InChI is InChI=1S/C22H36N4O3.C2H4O2/c1-15(2)10-25-11-18-12-26(14-22(18,13-25)9-8-21(28)29)20(27)7-6-19-16(3)23-24(5)17(19)4;1-2(3)4/h15,18H,6-14H2,1-5H3,(H,28,29);1H3,(H,3,4)/t18-,22+;/m0./s1. The van der Waals surface area contributed by atoms with Crippen LogP contribution in [0.2, 0.25) is 0 Å². The summed E-state index contributed by atoms with van der Waals surface area (Å²) in [5.41, 5.74) is 3.22. The molecule has 3 heterocycles. The molecule has 2 aliphatic rings. The summed E-state index contributed by atoms with van der Waals surface area (Å²) in [6.45, 7) is 13.9. The van der Waals surface area contributed by atoms with Gasteiger partial charge < -0.3 is 20.0 Å². The molecule has 0 aliphatic carbocycles. The average Bonchev–Trinajstić information content (AvgIpc) is 3.26. The Kier molecular flexibility index (Phi) is 9.05. The molecule has 0 saturated carbocycles. The second-order valence-corrected chi connectivity index (χ2v) is 10.1. The van der Waals surface area contributed by atoms with Gasteiger partial charge in [-0.15, -0.1) is 0 Å². The van der Waals surface area contributed by atoms with Crippen LogP contribution in [0.3, 0.4) is 0 Å². The van der Waals surface area contributed by atoms with Gasteiger partial charge in [0.25, 0.3) is 5.97 Å². The van der Waals surface area contributed by atoms with Gasteiger partial charge in [0.15, 0.2) is 0 Å². The SMILES string of the molecule is CC(=O)O.Cc1nn(C)c(C)c1CCC(=O)N1C[C@@H]2CN(CC(C)C)C[C@]2(CCC(=O)O)C1. The number of carboxylic acid groups (broad SMARTS) is 2. The molecule has 9 nitrogen and oxygen atoms in total. The summed E-state index contributed by atoms with van der Waals surface area (Å²) in [4.78, 5) is 37.7. The Bertz CT molecular complexity index is 861. The Balaban J connectivity index is 0.000000890. The number of carbonyl (C=O) groups is 3. The quantitative estimate of drug-likeness (QED) is 0.607. The van der Waals surface area contributed by atoms with E-state index in [0.717, 1.165) is 44.5 Å². The molecule has 1 aromatic rings. The smallest absolute Gasteiger partial charge is 0.303 e. The van der Waals surface area contributed by atoms with Crippen molar-refractivity contribution in [2.24, 2.45) is 24.3 Å². The third-order valence-electron chi connectivity index (χ3n) is 6.89. The van der Waals surface area contributed by atoms with Crippen LogP contribution in [0.15, 0.2) is 0 Å². The normalized spacial score (nSPS) is 22.3. The molecule has 2 fully saturated rings. The summed E-state index contributed by atoms with van der Waals surface area (Å²) in [6, 6.07) is 0. The van der Waals surface area contributed by atoms with Crippen molar-refractivity contribution < 1.29 is 24.6 Å². The number of likely N-dealkylation sites (tertiary alicyclic amines) is 2. The summed E-state index contributed by atoms with van der Waals surface area (Å²) >= 11 is 0. The highest BCUT2D eigenvalue weighted by atomic mass is 16.4. The molecule has 0 aromatic carbocycles. The van der Waals surface area contributed by atoms with Crippen LogP contribution in [0.1, 0.15) is 57.0 Å². The third-order valence-corrected chi connectivity index (χ3v) is 6.89. The average molecular weight is 465 g/mol. The highest BCUT2D eigenvalue weighted by Gasteiger charge is 2.52. The Morgan fingerprint density at radius 1 is 1.12 bits per heavy atom. The minimum Gasteiger partial charge on any atom is -0.481 e. The van der Waals surface area contributed by atoms with E-state index in [0.29, 0.717) is 37.6 Å². The van der Waals surface area contributed by atoms with E-state index in [1.54, 1.807) is 0 Å². The first-order valence-corrected chi connectivity index (χ1v) is 11.7. The molecule has 0 bridgehead atoms. The number of carbonyl (C=O) groups excluding carboxylic acids is 1. The maximum absolute atomic E-state index is 13.0. The maximum atomic E-state index is 13.0. The molecule has 1 aromatic heterocycles. The lowest BCUT2D eigenvalue weighted by atomic mass is 9.77. The zero-order valence-electron chi connectivity index (χ0n) is 20.9. The van der Waals surface area contributed by atoms with Crippen molar-refractivity contribution in [1.82, 2.24) is 19.6 Å². The summed E-state index contributed by atoms with van der Waals surface area (Å²) < 4.78 is 1.87. The fraction of sp³-hybridized carbons (Fsp3) is 0.750. The Labute approximate surface area is 196 Å². The number of carboxylic acids is 2. The number of amides is 1. The molecule has 33 heavy (non-hydrogen) atoms. The van der Waals surface area contributed by atoms with Gasteiger partial charge in [0.2, 0.25) is 5.91 Å². The molecule has 2 aliphatic heterocycles. The molecule has 2 N–H and O–H groups in total. The molecule has 1 amide bonds. The predicted molar refractivity (Wildman–Crippen MR) is 125 cm³/mol. The number of aryl methyl sites for hydroxylation is 2. The van der Waals surface area contributed by atoms with Crippen LogP contribution in [0.5, 0.6) is 0 Å². The monoisotopic (exact) mass is 464 g/mol. The van der Waals surface area contributed by atoms with Gasteiger partial charge in [0.1, 0.15) is 0 Å². The van der Waals surface area contributed by atoms with Crippen LogP contribution in [0.25, 0.3) is 0 Å². The molecule has 3 rings (SSSR count). The molecule has 0 radical (unpaired) electrons. The van der Waals surface area contributed by atoms with Crippen molar-refractivity contribution >= 4 is 17.8 Å². The number of nitrogens with zero attached hydrogens (tertiary/aromatic N) is 4. The van der Waals surface area contributed by atoms with Crippen LogP contribution in [-0.2, 0) is 27.9 Å². The van der Waals surface area contributed by atoms with Gasteiger partial charge in [0.05, 0.1) is 5.69 Å². The van der Waals surface area contributed by atoms with Crippen molar-refractivity contribution in [2.45, 2.75) is 60.3 Å².